The minimum Gasteiger partial charge on any atom is -0.351 e. The first-order chi connectivity index (χ1) is 9.41. The minimum atomic E-state index is -2.99. The Bertz CT molecular complexity index is 585. The number of amides is 1. The highest BCUT2D eigenvalue weighted by atomic mass is 32.2. The molecule has 10 heteroatoms. The van der Waals surface area contributed by atoms with Gasteiger partial charge in [-0.2, -0.15) is 0 Å². The Morgan fingerprint density at radius 2 is 2.35 bits per heavy atom. The molecule has 0 radical (unpaired) electrons. The van der Waals surface area contributed by atoms with E-state index in [-0.39, 0.29) is 28.7 Å². The maximum absolute atomic E-state index is 12.0. The van der Waals surface area contributed by atoms with Gasteiger partial charge in [0.1, 0.15) is 0 Å². The van der Waals surface area contributed by atoms with E-state index in [4.69, 9.17) is 0 Å². The van der Waals surface area contributed by atoms with Gasteiger partial charge >= 0.3 is 0 Å². The van der Waals surface area contributed by atoms with E-state index in [0.717, 1.165) is 0 Å². The Kier molecular flexibility index (Phi) is 4.63. The lowest BCUT2D eigenvalue weighted by Crippen LogP contribution is -2.40. The minimum absolute atomic E-state index is 0.0306. The fourth-order valence-corrected chi connectivity index (χ4v) is 4.45. The summed E-state index contributed by atoms with van der Waals surface area (Å²) in [6.45, 7) is 4.29. The van der Waals surface area contributed by atoms with Crippen LogP contribution >= 0.6 is 11.8 Å². The molecule has 0 aliphatic carbocycles. The molecule has 8 nitrogen and oxygen atoms in total. The Balaban J connectivity index is 1.89. The summed E-state index contributed by atoms with van der Waals surface area (Å²) in [6, 6.07) is -0.280. The van der Waals surface area contributed by atoms with Gasteiger partial charge < -0.3 is 5.32 Å². The molecule has 1 aliphatic heterocycles. The Morgan fingerprint density at radius 3 is 2.95 bits per heavy atom. The van der Waals surface area contributed by atoms with Gasteiger partial charge in [0.2, 0.25) is 11.1 Å². The van der Waals surface area contributed by atoms with Crippen LogP contribution in [0.5, 0.6) is 0 Å². The van der Waals surface area contributed by atoms with Crippen LogP contribution in [0.4, 0.5) is 0 Å². The van der Waals surface area contributed by atoms with Crippen molar-refractivity contribution in [3.05, 3.63) is 0 Å². The number of sulfone groups is 1. The quantitative estimate of drug-likeness (QED) is 0.727. The summed E-state index contributed by atoms with van der Waals surface area (Å²) < 4.78 is 24.3. The first-order valence-corrected chi connectivity index (χ1v) is 9.05. The van der Waals surface area contributed by atoms with E-state index < -0.39 is 9.84 Å². The summed E-state index contributed by atoms with van der Waals surface area (Å²) in [4.78, 5) is 12.0. The zero-order valence-electron chi connectivity index (χ0n) is 11.3. The molecule has 1 N–H and O–H groups in total. The number of rotatable bonds is 5. The second kappa shape index (κ2) is 6.08. The first kappa shape index (κ1) is 15.2. The number of thioether (sulfide) groups is 1. The average molecular weight is 319 g/mol. The highest BCUT2D eigenvalue weighted by Gasteiger charge is 2.30. The molecule has 0 unspecified atom stereocenters. The number of tetrazole rings is 1. The Hall–Kier alpha value is -1.16. The van der Waals surface area contributed by atoms with Crippen LogP contribution in [0.1, 0.15) is 20.3 Å². The lowest BCUT2D eigenvalue weighted by atomic mass is 10.2. The fraction of sp³-hybridized carbons (Fsp3) is 0.800. The van der Waals surface area contributed by atoms with Gasteiger partial charge in [-0.05, 0) is 30.7 Å². The summed E-state index contributed by atoms with van der Waals surface area (Å²) in [5.41, 5.74) is 0. The van der Waals surface area contributed by atoms with E-state index in [2.05, 4.69) is 20.8 Å². The van der Waals surface area contributed by atoms with Gasteiger partial charge in [0.05, 0.1) is 16.8 Å². The van der Waals surface area contributed by atoms with Crippen LogP contribution in [0.15, 0.2) is 5.16 Å². The Labute approximate surface area is 121 Å². The Morgan fingerprint density at radius 1 is 1.60 bits per heavy atom. The SMILES string of the molecule is CCn1nnnc1S[C@@H](C)C(=O)N[C@@H]1CCS(=O)(=O)C1. The van der Waals surface area contributed by atoms with E-state index in [1.807, 2.05) is 6.92 Å². The molecule has 1 aromatic rings. The number of nitrogens with one attached hydrogen (secondary N) is 1. The van der Waals surface area contributed by atoms with Crippen molar-refractivity contribution in [1.29, 1.82) is 0 Å². The zero-order chi connectivity index (χ0) is 14.8. The lowest BCUT2D eigenvalue weighted by Gasteiger charge is -2.15. The second-order valence-electron chi connectivity index (χ2n) is 4.65. The van der Waals surface area contributed by atoms with E-state index in [9.17, 15) is 13.2 Å². The third kappa shape index (κ3) is 3.69. The molecular weight excluding hydrogens is 302 g/mol. The fourth-order valence-electron chi connectivity index (χ4n) is 1.92. The van der Waals surface area contributed by atoms with Crippen LogP contribution in [-0.2, 0) is 21.2 Å². The largest absolute Gasteiger partial charge is 0.351 e. The van der Waals surface area contributed by atoms with Crippen LogP contribution in [0.2, 0.25) is 0 Å². The van der Waals surface area contributed by atoms with Crippen LogP contribution in [0, 0.1) is 0 Å². The number of hydrogen-bond acceptors (Lipinski definition) is 7. The van der Waals surface area contributed by atoms with Gasteiger partial charge in [0.15, 0.2) is 9.84 Å². The van der Waals surface area contributed by atoms with E-state index in [0.29, 0.717) is 18.1 Å². The van der Waals surface area contributed by atoms with Crippen molar-refractivity contribution in [3.8, 4) is 0 Å². The maximum Gasteiger partial charge on any atom is 0.233 e. The van der Waals surface area contributed by atoms with Gasteiger partial charge in [0, 0.05) is 12.6 Å². The normalized spacial score (nSPS) is 22.6. The maximum atomic E-state index is 12.0. The number of nitrogens with zero attached hydrogens (tertiary/aromatic N) is 4. The highest BCUT2D eigenvalue weighted by molar-refractivity contribution is 8.00. The smallest absolute Gasteiger partial charge is 0.233 e. The van der Waals surface area contributed by atoms with Crippen molar-refractivity contribution in [2.24, 2.45) is 0 Å². The molecule has 1 amide bonds. The van der Waals surface area contributed by atoms with Crippen LogP contribution in [-0.4, -0.2) is 57.3 Å². The number of hydrogen-bond donors (Lipinski definition) is 1. The molecule has 0 bridgehead atoms. The summed E-state index contributed by atoms with van der Waals surface area (Å²) in [5.74, 6) is -0.0149. The van der Waals surface area contributed by atoms with Crippen molar-refractivity contribution < 1.29 is 13.2 Å². The highest BCUT2D eigenvalue weighted by Crippen LogP contribution is 2.21. The van der Waals surface area contributed by atoms with Crippen LogP contribution in [0.25, 0.3) is 0 Å². The van der Waals surface area contributed by atoms with Gasteiger partial charge in [-0.25, -0.2) is 13.1 Å². The van der Waals surface area contributed by atoms with E-state index in [1.54, 1.807) is 11.6 Å². The number of aromatic nitrogens is 4. The molecule has 0 spiro atoms. The first-order valence-electron chi connectivity index (χ1n) is 6.35. The average Bonchev–Trinajstić information content (AvgIpc) is 2.95. The number of aryl methyl sites for hydroxylation is 1. The molecule has 112 valence electrons. The molecule has 2 atom stereocenters. The molecule has 2 rings (SSSR count). The van der Waals surface area contributed by atoms with Crippen molar-refractivity contribution in [1.82, 2.24) is 25.5 Å². The van der Waals surface area contributed by atoms with Gasteiger partial charge in [-0.1, -0.05) is 11.8 Å². The summed E-state index contributed by atoms with van der Waals surface area (Å²) in [7, 11) is -2.99. The molecule has 1 aromatic heterocycles. The van der Waals surface area contributed by atoms with Crippen molar-refractivity contribution in [2.45, 2.75) is 43.3 Å². The van der Waals surface area contributed by atoms with Gasteiger partial charge in [-0.3, -0.25) is 4.79 Å². The van der Waals surface area contributed by atoms with E-state index >= 15 is 0 Å². The molecule has 1 saturated heterocycles. The monoisotopic (exact) mass is 319 g/mol. The predicted molar refractivity (Wildman–Crippen MR) is 74.0 cm³/mol. The van der Waals surface area contributed by atoms with Crippen molar-refractivity contribution in [2.75, 3.05) is 11.5 Å². The molecule has 20 heavy (non-hydrogen) atoms. The number of carbonyl (C=O) groups excluding carboxylic acids is 1. The molecule has 2 heterocycles. The summed E-state index contributed by atoms with van der Waals surface area (Å²) in [5, 5.41) is 14.2. The van der Waals surface area contributed by atoms with Gasteiger partial charge in [-0.15, -0.1) is 5.10 Å². The third-order valence-corrected chi connectivity index (χ3v) is 5.87. The van der Waals surface area contributed by atoms with Crippen molar-refractivity contribution in [3.63, 3.8) is 0 Å². The second-order valence-corrected chi connectivity index (χ2v) is 8.18. The number of carbonyl (C=O) groups is 1. The summed E-state index contributed by atoms with van der Waals surface area (Å²) in [6.07, 6.45) is 0.484. The lowest BCUT2D eigenvalue weighted by molar-refractivity contribution is -0.120. The molecule has 0 saturated carbocycles. The van der Waals surface area contributed by atoms with Crippen LogP contribution in [0.3, 0.4) is 0 Å². The topological polar surface area (TPSA) is 107 Å². The molecular formula is C10H17N5O3S2. The molecule has 1 aliphatic rings. The molecule has 1 fully saturated rings. The van der Waals surface area contributed by atoms with Gasteiger partial charge in [0.25, 0.3) is 0 Å². The molecule has 0 aromatic carbocycles. The summed E-state index contributed by atoms with van der Waals surface area (Å²) >= 11 is 1.26. The van der Waals surface area contributed by atoms with Crippen LogP contribution < -0.4 is 5.32 Å². The third-order valence-electron chi connectivity index (χ3n) is 3.03. The van der Waals surface area contributed by atoms with Crippen molar-refractivity contribution >= 4 is 27.5 Å². The van der Waals surface area contributed by atoms with E-state index in [1.165, 1.54) is 11.8 Å². The zero-order valence-corrected chi connectivity index (χ0v) is 12.9. The predicted octanol–water partition coefficient (Wildman–Crippen LogP) is -0.523. The standard InChI is InChI=1S/C10H17N5O3S2/c1-3-15-10(12-13-14-15)19-7(2)9(16)11-8-4-5-20(17,18)6-8/h7-8H,3-6H2,1-2H3,(H,11,16)/t7-,8+/m0/s1.